The van der Waals surface area contributed by atoms with Crippen molar-refractivity contribution in [1.29, 1.82) is 0 Å². The van der Waals surface area contributed by atoms with Crippen LogP contribution < -0.4 is 15.4 Å². The van der Waals surface area contributed by atoms with Crippen LogP contribution in [-0.4, -0.2) is 30.4 Å². The number of carbonyl (C=O) groups excluding carboxylic acids is 1. The van der Waals surface area contributed by atoms with Gasteiger partial charge in [0, 0.05) is 12.1 Å². The zero-order valence-corrected chi connectivity index (χ0v) is 12.8. The standard InChI is InChI=1S/C16H24N2O3/c1-10-4-5-15-13(7-10)14(9-21-15)18-16(20)17-8-11(2)6-12(3)19/h4-5,7,11-12,14,19H,6,8-9H2,1-3H3,(H2,17,18,20). The monoisotopic (exact) mass is 292 g/mol. The maximum absolute atomic E-state index is 11.9. The number of aliphatic hydroxyl groups is 1. The number of hydrogen-bond acceptors (Lipinski definition) is 3. The summed E-state index contributed by atoms with van der Waals surface area (Å²) in [6.07, 6.45) is 0.331. The van der Waals surface area contributed by atoms with E-state index in [1.54, 1.807) is 6.92 Å². The maximum atomic E-state index is 11.9. The quantitative estimate of drug-likeness (QED) is 0.778. The van der Waals surface area contributed by atoms with Crippen LogP contribution in [0.15, 0.2) is 18.2 Å². The van der Waals surface area contributed by atoms with E-state index in [0.29, 0.717) is 19.6 Å². The van der Waals surface area contributed by atoms with Crippen molar-refractivity contribution in [3.05, 3.63) is 29.3 Å². The minimum absolute atomic E-state index is 0.105. The molecule has 3 N–H and O–H groups in total. The summed E-state index contributed by atoms with van der Waals surface area (Å²) in [6.45, 7) is 6.80. The first-order chi connectivity index (χ1) is 9.95. The fourth-order valence-electron chi connectivity index (χ4n) is 2.60. The van der Waals surface area contributed by atoms with Gasteiger partial charge in [0.1, 0.15) is 12.4 Å². The van der Waals surface area contributed by atoms with Crippen molar-refractivity contribution in [2.24, 2.45) is 5.92 Å². The Morgan fingerprint density at radius 3 is 2.95 bits per heavy atom. The molecule has 0 aromatic heterocycles. The maximum Gasteiger partial charge on any atom is 0.315 e. The Morgan fingerprint density at radius 2 is 2.24 bits per heavy atom. The molecule has 0 aliphatic carbocycles. The molecular weight excluding hydrogens is 268 g/mol. The lowest BCUT2D eigenvalue weighted by molar-refractivity contribution is 0.163. The van der Waals surface area contributed by atoms with Gasteiger partial charge in [-0.3, -0.25) is 0 Å². The van der Waals surface area contributed by atoms with E-state index >= 15 is 0 Å². The largest absolute Gasteiger partial charge is 0.491 e. The summed E-state index contributed by atoms with van der Waals surface area (Å²) in [5.74, 6) is 1.08. The molecule has 3 atom stereocenters. The Labute approximate surface area is 125 Å². The van der Waals surface area contributed by atoms with Crippen LogP contribution in [0, 0.1) is 12.8 Å². The van der Waals surface area contributed by atoms with Crippen LogP contribution in [0.25, 0.3) is 0 Å². The van der Waals surface area contributed by atoms with Crippen molar-refractivity contribution in [3.63, 3.8) is 0 Å². The van der Waals surface area contributed by atoms with E-state index < -0.39 is 0 Å². The number of benzene rings is 1. The van der Waals surface area contributed by atoms with Crippen molar-refractivity contribution >= 4 is 6.03 Å². The molecule has 5 nitrogen and oxygen atoms in total. The number of hydrogen-bond donors (Lipinski definition) is 3. The summed E-state index contributed by atoms with van der Waals surface area (Å²) >= 11 is 0. The molecule has 1 aliphatic heterocycles. The predicted molar refractivity (Wildman–Crippen MR) is 81.4 cm³/mol. The highest BCUT2D eigenvalue weighted by atomic mass is 16.5. The average Bonchev–Trinajstić information content (AvgIpc) is 2.78. The van der Waals surface area contributed by atoms with Crippen LogP contribution >= 0.6 is 0 Å². The number of nitrogens with one attached hydrogen (secondary N) is 2. The van der Waals surface area contributed by atoms with Gasteiger partial charge in [-0.25, -0.2) is 4.79 Å². The number of urea groups is 1. The van der Waals surface area contributed by atoms with Crippen LogP contribution in [0.2, 0.25) is 0 Å². The van der Waals surface area contributed by atoms with Crippen LogP contribution in [0.5, 0.6) is 5.75 Å². The second-order valence-corrected chi connectivity index (χ2v) is 5.95. The minimum atomic E-state index is -0.344. The third-order valence-electron chi connectivity index (χ3n) is 3.61. The second kappa shape index (κ2) is 6.80. The SMILES string of the molecule is Cc1ccc2c(c1)C(NC(=O)NCC(C)CC(C)O)CO2. The number of carbonyl (C=O) groups is 1. The molecule has 0 fully saturated rings. The van der Waals surface area contributed by atoms with Crippen molar-refractivity contribution in [1.82, 2.24) is 10.6 Å². The van der Waals surface area contributed by atoms with Crippen molar-refractivity contribution in [2.75, 3.05) is 13.2 Å². The Bertz CT molecular complexity index is 502. The van der Waals surface area contributed by atoms with Gasteiger partial charge in [-0.2, -0.15) is 0 Å². The molecule has 3 unspecified atom stereocenters. The minimum Gasteiger partial charge on any atom is -0.491 e. The summed E-state index contributed by atoms with van der Waals surface area (Å²) in [4.78, 5) is 11.9. The Balaban J connectivity index is 1.84. The van der Waals surface area contributed by atoms with Gasteiger partial charge < -0.3 is 20.5 Å². The topological polar surface area (TPSA) is 70.6 Å². The molecule has 0 saturated carbocycles. The number of aryl methyl sites for hydroxylation is 1. The van der Waals surface area contributed by atoms with E-state index in [1.807, 2.05) is 32.0 Å². The summed E-state index contributed by atoms with van der Waals surface area (Å²) in [7, 11) is 0. The highest BCUT2D eigenvalue weighted by molar-refractivity contribution is 5.74. The highest BCUT2D eigenvalue weighted by Gasteiger charge is 2.25. The Hall–Kier alpha value is -1.75. The van der Waals surface area contributed by atoms with E-state index in [1.165, 1.54) is 0 Å². The molecule has 116 valence electrons. The zero-order valence-electron chi connectivity index (χ0n) is 12.8. The second-order valence-electron chi connectivity index (χ2n) is 5.95. The molecule has 1 heterocycles. The van der Waals surface area contributed by atoms with E-state index in [2.05, 4.69) is 10.6 Å². The first-order valence-electron chi connectivity index (χ1n) is 7.41. The molecule has 0 bridgehead atoms. The molecule has 1 aliphatic rings. The number of ether oxygens (including phenoxy) is 1. The third kappa shape index (κ3) is 4.36. The normalized spacial score (nSPS) is 19.3. The fraction of sp³-hybridized carbons (Fsp3) is 0.562. The third-order valence-corrected chi connectivity index (χ3v) is 3.61. The van der Waals surface area contributed by atoms with Crippen LogP contribution in [-0.2, 0) is 0 Å². The summed E-state index contributed by atoms with van der Waals surface area (Å²) in [5.41, 5.74) is 2.18. The van der Waals surface area contributed by atoms with E-state index in [9.17, 15) is 9.90 Å². The van der Waals surface area contributed by atoms with Gasteiger partial charge in [-0.1, -0.05) is 24.6 Å². The fourth-order valence-corrected chi connectivity index (χ4v) is 2.60. The Kier molecular flexibility index (Phi) is 5.07. The summed E-state index contributed by atoms with van der Waals surface area (Å²) < 4.78 is 5.57. The Morgan fingerprint density at radius 1 is 1.48 bits per heavy atom. The van der Waals surface area contributed by atoms with Gasteiger partial charge in [0.15, 0.2) is 0 Å². The summed E-state index contributed by atoms with van der Waals surface area (Å²) in [6, 6.07) is 5.68. The number of aliphatic hydroxyl groups excluding tert-OH is 1. The molecule has 5 heteroatoms. The molecular formula is C16H24N2O3. The van der Waals surface area contributed by atoms with E-state index in [0.717, 1.165) is 16.9 Å². The molecule has 1 aromatic rings. The molecule has 0 saturated heterocycles. The molecule has 0 radical (unpaired) electrons. The number of amides is 2. The van der Waals surface area contributed by atoms with Crippen LogP contribution in [0.1, 0.15) is 37.4 Å². The van der Waals surface area contributed by atoms with Crippen molar-refractivity contribution < 1.29 is 14.6 Å². The number of fused-ring (bicyclic) bond motifs is 1. The first kappa shape index (κ1) is 15.6. The van der Waals surface area contributed by atoms with Crippen molar-refractivity contribution in [3.8, 4) is 5.75 Å². The smallest absolute Gasteiger partial charge is 0.315 e. The number of rotatable bonds is 5. The van der Waals surface area contributed by atoms with Gasteiger partial charge in [0.2, 0.25) is 0 Å². The van der Waals surface area contributed by atoms with Gasteiger partial charge in [0.25, 0.3) is 0 Å². The predicted octanol–water partition coefficient (Wildman–Crippen LogP) is 2.13. The van der Waals surface area contributed by atoms with Gasteiger partial charge in [-0.05, 0) is 32.3 Å². The summed E-state index contributed by atoms with van der Waals surface area (Å²) in [5, 5.41) is 15.1. The lowest BCUT2D eigenvalue weighted by Crippen LogP contribution is -2.40. The molecule has 0 spiro atoms. The van der Waals surface area contributed by atoms with Gasteiger partial charge in [0.05, 0.1) is 12.1 Å². The van der Waals surface area contributed by atoms with Crippen molar-refractivity contribution in [2.45, 2.75) is 39.3 Å². The average molecular weight is 292 g/mol. The molecule has 1 aromatic carbocycles. The lowest BCUT2D eigenvalue weighted by atomic mass is 10.0. The molecule has 2 amide bonds. The molecule has 2 rings (SSSR count). The first-order valence-corrected chi connectivity index (χ1v) is 7.41. The lowest BCUT2D eigenvalue weighted by Gasteiger charge is -2.16. The van der Waals surface area contributed by atoms with Gasteiger partial charge >= 0.3 is 6.03 Å². The zero-order chi connectivity index (χ0) is 15.4. The van der Waals surface area contributed by atoms with Crippen LogP contribution in [0.4, 0.5) is 4.79 Å². The molecule has 21 heavy (non-hydrogen) atoms. The van der Waals surface area contributed by atoms with E-state index in [-0.39, 0.29) is 24.1 Å². The van der Waals surface area contributed by atoms with Crippen LogP contribution in [0.3, 0.4) is 0 Å². The van der Waals surface area contributed by atoms with E-state index in [4.69, 9.17) is 4.74 Å². The van der Waals surface area contributed by atoms with Gasteiger partial charge in [-0.15, -0.1) is 0 Å². The highest BCUT2D eigenvalue weighted by Crippen LogP contribution is 2.32.